The number of likely N-dealkylation sites (N-methyl/N-ethyl adjacent to an activating group) is 1. The Labute approximate surface area is 183 Å². The lowest BCUT2D eigenvalue weighted by Gasteiger charge is -2.36. The molecular formula is C21H18Cl2N4OS. The van der Waals surface area contributed by atoms with E-state index in [1.807, 2.05) is 36.6 Å². The fraction of sp³-hybridized carbons (Fsp3) is 0.190. The molecular weight excluding hydrogens is 427 g/mol. The van der Waals surface area contributed by atoms with Gasteiger partial charge in [0.25, 0.3) is 5.91 Å². The molecule has 2 heterocycles. The molecule has 0 unspecified atom stereocenters. The van der Waals surface area contributed by atoms with E-state index in [0.717, 1.165) is 10.6 Å². The van der Waals surface area contributed by atoms with Crippen LogP contribution in [-0.2, 0) is 4.79 Å². The molecule has 0 fully saturated rings. The van der Waals surface area contributed by atoms with Crippen LogP contribution in [0.4, 0.5) is 5.69 Å². The number of hydrogen-bond acceptors (Lipinski definition) is 5. The molecule has 0 radical (unpaired) electrons. The number of carbonyl (C=O) groups is 1. The highest BCUT2D eigenvalue weighted by Gasteiger charge is 2.37. The summed E-state index contributed by atoms with van der Waals surface area (Å²) in [4.78, 5) is 24.9. The first-order valence-electron chi connectivity index (χ1n) is 8.94. The maximum absolute atomic E-state index is 13.0. The number of amides is 1. The van der Waals surface area contributed by atoms with Gasteiger partial charge >= 0.3 is 0 Å². The summed E-state index contributed by atoms with van der Waals surface area (Å²) in [5, 5.41) is 4.10. The standard InChI is InChI=1S/C21H18Cl2N4OS/c1-27-19-12(9-15(20(27)28)18-16(22)7-4-8-17(18)23)11-24-21(26-19)25-13-5-3-6-14(10-13)29-2/h3-12,19H,1-2H3,(H,25,26)/t12-,19+/m1/s1. The molecule has 5 nitrogen and oxygen atoms in total. The molecule has 0 bridgehead atoms. The molecule has 0 saturated carbocycles. The first kappa shape index (κ1) is 20.0. The van der Waals surface area contributed by atoms with E-state index in [-0.39, 0.29) is 18.0 Å². The van der Waals surface area contributed by atoms with Crippen molar-refractivity contribution in [2.24, 2.45) is 15.9 Å². The van der Waals surface area contributed by atoms with Crippen LogP contribution in [0.3, 0.4) is 0 Å². The number of anilines is 1. The number of rotatable bonds is 3. The van der Waals surface area contributed by atoms with Gasteiger partial charge in [0.1, 0.15) is 6.17 Å². The molecule has 148 valence electrons. The van der Waals surface area contributed by atoms with Crippen LogP contribution in [0.15, 0.2) is 63.4 Å². The van der Waals surface area contributed by atoms with Gasteiger partial charge in [-0.25, -0.2) is 9.98 Å². The van der Waals surface area contributed by atoms with E-state index in [1.165, 1.54) is 0 Å². The van der Waals surface area contributed by atoms with Gasteiger partial charge in [0.05, 0.1) is 16.0 Å². The van der Waals surface area contributed by atoms with Crippen LogP contribution in [0, 0.1) is 5.92 Å². The van der Waals surface area contributed by atoms with Gasteiger partial charge in [-0.3, -0.25) is 4.79 Å². The van der Waals surface area contributed by atoms with Crippen molar-refractivity contribution in [3.8, 4) is 0 Å². The van der Waals surface area contributed by atoms with E-state index < -0.39 is 0 Å². The molecule has 2 atom stereocenters. The molecule has 4 rings (SSSR count). The first-order valence-corrected chi connectivity index (χ1v) is 10.9. The predicted molar refractivity (Wildman–Crippen MR) is 122 cm³/mol. The highest BCUT2D eigenvalue weighted by molar-refractivity contribution is 7.98. The van der Waals surface area contributed by atoms with Crippen LogP contribution in [0.2, 0.25) is 10.0 Å². The monoisotopic (exact) mass is 444 g/mol. The molecule has 0 saturated heterocycles. The van der Waals surface area contributed by atoms with E-state index >= 15 is 0 Å². The number of halogens is 2. The molecule has 2 aromatic carbocycles. The van der Waals surface area contributed by atoms with Crippen LogP contribution in [-0.4, -0.2) is 42.5 Å². The highest BCUT2D eigenvalue weighted by Crippen LogP contribution is 2.37. The minimum absolute atomic E-state index is 0.164. The van der Waals surface area contributed by atoms with E-state index in [0.29, 0.717) is 27.1 Å². The second kappa shape index (κ2) is 8.22. The molecule has 29 heavy (non-hydrogen) atoms. The summed E-state index contributed by atoms with van der Waals surface area (Å²) in [6.45, 7) is 0. The van der Waals surface area contributed by atoms with Crippen molar-refractivity contribution in [1.29, 1.82) is 0 Å². The lowest BCUT2D eigenvalue weighted by molar-refractivity contribution is -0.126. The number of thioether (sulfide) groups is 1. The van der Waals surface area contributed by atoms with E-state index in [4.69, 9.17) is 23.2 Å². The maximum Gasteiger partial charge on any atom is 0.255 e. The Morgan fingerprint density at radius 1 is 1.14 bits per heavy atom. The Bertz CT molecular complexity index is 1050. The Kier molecular flexibility index (Phi) is 5.67. The number of nitrogens with one attached hydrogen (secondary N) is 1. The summed E-state index contributed by atoms with van der Waals surface area (Å²) >= 11 is 14.3. The Morgan fingerprint density at radius 3 is 2.59 bits per heavy atom. The van der Waals surface area contributed by atoms with Crippen molar-refractivity contribution in [3.05, 3.63) is 64.1 Å². The fourth-order valence-corrected chi connectivity index (χ4v) is 4.43. The van der Waals surface area contributed by atoms with Crippen LogP contribution in [0.5, 0.6) is 0 Å². The second-order valence-corrected chi connectivity index (χ2v) is 8.37. The second-order valence-electron chi connectivity index (χ2n) is 6.67. The summed E-state index contributed by atoms with van der Waals surface area (Å²) in [7, 11) is 1.73. The molecule has 2 aliphatic rings. The Hall–Kier alpha value is -2.28. The molecule has 1 N–H and O–H groups in total. The Balaban J connectivity index is 1.64. The zero-order chi connectivity index (χ0) is 20.5. The summed E-state index contributed by atoms with van der Waals surface area (Å²) in [6.07, 6.45) is 5.29. The number of aliphatic imine (C=N–C) groups is 2. The van der Waals surface area contributed by atoms with Gasteiger partial charge in [0.2, 0.25) is 5.96 Å². The van der Waals surface area contributed by atoms with Crippen molar-refractivity contribution in [2.75, 3.05) is 18.6 Å². The number of fused-ring (bicyclic) bond motifs is 1. The minimum atomic E-state index is -0.378. The van der Waals surface area contributed by atoms with E-state index in [1.54, 1.807) is 48.1 Å². The van der Waals surface area contributed by atoms with E-state index in [9.17, 15) is 4.79 Å². The van der Waals surface area contributed by atoms with Crippen molar-refractivity contribution >= 4 is 64.3 Å². The fourth-order valence-electron chi connectivity index (χ4n) is 3.37. The third-order valence-corrected chi connectivity index (χ3v) is 6.19. The largest absolute Gasteiger partial charge is 0.324 e. The van der Waals surface area contributed by atoms with Gasteiger partial charge < -0.3 is 10.2 Å². The number of guanidine groups is 1. The van der Waals surface area contributed by atoms with Gasteiger partial charge in [-0.1, -0.05) is 41.4 Å². The van der Waals surface area contributed by atoms with Gasteiger partial charge in [0, 0.05) is 35.0 Å². The number of hydrogen-bond donors (Lipinski definition) is 1. The SMILES string of the molecule is CSc1cccc(NC2=N[C@@H]3[C@@H](C=N2)C=C(c2c(Cl)cccc2Cl)C(=O)N3C)c1. The maximum atomic E-state index is 13.0. The molecule has 0 aliphatic carbocycles. The predicted octanol–water partition coefficient (Wildman–Crippen LogP) is 5.07. The zero-order valence-corrected chi connectivity index (χ0v) is 18.1. The summed E-state index contributed by atoms with van der Waals surface area (Å²) in [5.41, 5.74) is 1.91. The highest BCUT2D eigenvalue weighted by atomic mass is 35.5. The van der Waals surface area contributed by atoms with Crippen molar-refractivity contribution in [1.82, 2.24) is 4.90 Å². The minimum Gasteiger partial charge on any atom is -0.324 e. The lowest BCUT2D eigenvalue weighted by Crippen LogP contribution is -2.47. The van der Waals surface area contributed by atoms with Crippen LogP contribution >= 0.6 is 35.0 Å². The van der Waals surface area contributed by atoms with Crippen LogP contribution in [0.1, 0.15) is 5.56 Å². The average molecular weight is 445 g/mol. The summed E-state index contributed by atoms with van der Waals surface area (Å²) in [6, 6.07) is 13.2. The molecule has 0 aromatic heterocycles. The smallest absolute Gasteiger partial charge is 0.255 e. The number of carbonyl (C=O) groups excluding carboxylic acids is 1. The molecule has 8 heteroatoms. The van der Waals surface area contributed by atoms with Gasteiger partial charge in [-0.05, 0) is 36.6 Å². The van der Waals surface area contributed by atoms with E-state index in [2.05, 4.69) is 15.3 Å². The van der Waals surface area contributed by atoms with Crippen molar-refractivity contribution in [2.45, 2.75) is 11.1 Å². The van der Waals surface area contributed by atoms with Crippen molar-refractivity contribution < 1.29 is 4.79 Å². The van der Waals surface area contributed by atoms with Gasteiger partial charge in [-0.2, -0.15) is 0 Å². The van der Waals surface area contributed by atoms with Crippen molar-refractivity contribution in [3.63, 3.8) is 0 Å². The molecule has 0 spiro atoms. The van der Waals surface area contributed by atoms with Gasteiger partial charge in [-0.15, -0.1) is 11.8 Å². The Morgan fingerprint density at radius 2 is 1.86 bits per heavy atom. The zero-order valence-electron chi connectivity index (χ0n) is 15.8. The molecule has 2 aliphatic heterocycles. The number of benzene rings is 2. The third kappa shape index (κ3) is 3.92. The molecule has 2 aromatic rings. The quantitative estimate of drug-likeness (QED) is 0.672. The first-order chi connectivity index (χ1) is 14.0. The van der Waals surface area contributed by atoms with Crippen LogP contribution < -0.4 is 5.32 Å². The summed E-state index contributed by atoms with van der Waals surface area (Å²) in [5.74, 6) is 0.129. The molecule has 1 amide bonds. The average Bonchev–Trinajstić information content (AvgIpc) is 2.72. The summed E-state index contributed by atoms with van der Waals surface area (Å²) < 4.78 is 0. The lowest BCUT2D eigenvalue weighted by atomic mass is 9.92. The topological polar surface area (TPSA) is 57.1 Å². The normalized spacial score (nSPS) is 20.8. The van der Waals surface area contributed by atoms with Gasteiger partial charge in [0.15, 0.2) is 0 Å². The van der Waals surface area contributed by atoms with Crippen LogP contribution in [0.25, 0.3) is 5.57 Å². The number of nitrogens with zero attached hydrogens (tertiary/aromatic N) is 3. The third-order valence-electron chi connectivity index (χ3n) is 4.83.